The summed E-state index contributed by atoms with van der Waals surface area (Å²) in [5, 5.41) is 3.43. The van der Waals surface area contributed by atoms with Crippen molar-refractivity contribution in [1.82, 2.24) is 5.32 Å². The number of carbonyl (C=O) groups excluding carboxylic acids is 1. The van der Waals surface area contributed by atoms with Gasteiger partial charge in [-0.15, -0.1) is 12.4 Å². The lowest BCUT2D eigenvalue weighted by Crippen LogP contribution is -2.15. The number of methoxy groups -OCH3 is 1. The summed E-state index contributed by atoms with van der Waals surface area (Å²) in [6.07, 6.45) is 2.27. The van der Waals surface area contributed by atoms with E-state index in [0.29, 0.717) is 11.6 Å². The van der Waals surface area contributed by atoms with Crippen LogP contribution in [0.5, 0.6) is 0 Å². The molecule has 1 aromatic carbocycles. The molecule has 1 aliphatic heterocycles. The van der Waals surface area contributed by atoms with Crippen LogP contribution in [-0.4, -0.2) is 19.6 Å². The molecule has 1 fully saturated rings. The monoisotopic (exact) mass is 267 g/mol. The van der Waals surface area contributed by atoms with Gasteiger partial charge >= 0.3 is 5.97 Å². The highest BCUT2D eigenvalue weighted by atomic mass is 35.5. The van der Waals surface area contributed by atoms with Crippen LogP contribution in [-0.2, 0) is 9.53 Å². The van der Waals surface area contributed by atoms with Crippen LogP contribution in [0, 0.1) is 0 Å². The first-order chi connectivity index (χ1) is 8.24. The average Bonchev–Trinajstić information content (AvgIpc) is 2.90. The fourth-order valence-corrected chi connectivity index (χ4v) is 2.26. The minimum absolute atomic E-state index is 0. The minimum atomic E-state index is -0.365. The fraction of sp³-hybridized carbons (Fsp3) is 0.357. The van der Waals surface area contributed by atoms with Gasteiger partial charge in [0.15, 0.2) is 0 Å². The molecule has 0 aromatic heterocycles. The number of rotatable bonds is 3. The van der Waals surface area contributed by atoms with Crippen LogP contribution in [0.3, 0.4) is 0 Å². The van der Waals surface area contributed by atoms with Crippen molar-refractivity contribution in [3.63, 3.8) is 0 Å². The molecule has 1 aromatic rings. The van der Waals surface area contributed by atoms with Crippen molar-refractivity contribution < 1.29 is 9.53 Å². The maximum atomic E-state index is 11.5. The molecule has 0 aliphatic carbocycles. The molecule has 1 atom stereocenters. The van der Waals surface area contributed by atoms with Gasteiger partial charge in [0, 0.05) is 6.04 Å². The van der Waals surface area contributed by atoms with E-state index < -0.39 is 0 Å². The van der Waals surface area contributed by atoms with E-state index >= 15 is 0 Å². The second-order valence-corrected chi connectivity index (χ2v) is 4.21. The molecule has 0 radical (unpaired) electrons. The van der Waals surface area contributed by atoms with Gasteiger partial charge in [-0.25, -0.2) is 4.79 Å². The van der Waals surface area contributed by atoms with Crippen LogP contribution in [0.15, 0.2) is 30.8 Å². The van der Waals surface area contributed by atoms with Crippen LogP contribution in [0.4, 0.5) is 0 Å². The molecule has 1 aliphatic rings. The van der Waals surface area contributed by atoms with Gasteiger partial charge in [-0.1, -0.05) is 30.8 Å². The zero-order valence-corrected chi connectivity index (χ0v) is 11.3. The van der Waals surface area contributed by atoms with Gasteiger partial charge in [0.2, 0.25) is 0 Å². The standard InChI is InChI=1S/C14H17NO2.ClH/c1-10(14(16)17-2)11-6-3-4-7-12(11)13-8-5-9-15-13;/h3-4,6-7,13,15H,1,5,8-9H2,2H3;1H/t13-;/m0./s1. The first kappa shape index (κ1) is 14.7. The predicted octanol–water partition coefficient (Wildman–Crippen LogP) is 2.72. The third kappa shape index (κ3) is 2.92. The molecular weight excluding hydrogens is 250 g/mol. The number of esters is 1. The SMILES string of the molecule is C=C(C(=O)OC)c1ccccc1[C@@H]1CCCN1.Cl. The van der Waals surface area contributed by atoms with Crippen molar-refractivity contribution in [3.8, 4) is 0 Å². The van der Waals surface area contributed by atoms with E-state index in [4.69, 9.17) is 4.74 Å². The highest BCUT2D eigenvalue weighted by Gasteiger charge is 2.21. The van der Waals surface area contributed by atoms with Gasteiger partial charge in [0.25, 0.3) is 0 Å². The largest absolute Gasteiger partial charge is 0.465 e. The van der Waals surface area contributed by atoms with E-state index in [9.17, 15) is 4.79 Å². The molecule has 0 saturated carbocycles. The summed E-state index contributed by atoms with van der Waals surface area (Å²) in [7, 11) is 1.38. The topological polar surface area (TPSA) is 38.3 Å². The molecule has 1 saturated heterocycles. The lowest BCUT2D eigenvalue weighted by atomic mass is 9.95. The normalized spacial score (nSPS) is 17.9. The van der Waals surface area contributed by atoms with E-state index in [1.165, 1.54) is 13.5 Å². The lowest BCUT2D eigenvalue weighted by Gasteiger charge is -2.16. The summed E-state index contributed by atoms with van der Waals surface area (Å²) < 4.78 is 4.73. The summed E-state index contributed by atoms with van der Waals surface area (Å²) in [5.74, 6) is -0.365. The Bertz CT molecular complexity index is 439. The first-order valence-electron chi connectivity index (χ1n) is 5.84. The zero-order valence-electron chi connectivity index (χ0n) is 10.4. The van der Waals surface area contributed by atoms with Crippen molar-refractivity contribution in [2.24, 2.45) is 0 Å². The van der Waals surface area contributed by atoms with Crippen LogP contribution in [0.2, 0.25) is 0 Å². The van der Waals surface area contributed by atoms with Gasteiger partial charge in [-0.3, -0.25) is 0 Å². The average molecular weight is 268 g/mol. The number of carbonyl (C=O) groups is 1. The number of ether oxygens (including phenoxy) is 1. The van der Waals surface area contributed by atoms with Gasteiger partial charge < -0.3 is 10.1 Å². The molecule has 0 unspecified atom stereocenters. The Labute approximate surface area is 114 Å². The van der Waals surface area contributed by atoms with Crippen LogP contribution >= 0.6 is 12.4 Å². The second kappa shape index (κ2) is 6.57. The van der Waals surface area contributed by atoms with E-state index in [2.05, 4.69) is 11.9 Å². The number of halogens is 1. The number of benzene rings is 1. The third-order valence-electron chi connectivity index (χ3n) is 3.15. The summed E-state index contributed by atoms with van der Waals surface area (Å²) in [6.45, 7) is 4.86. The quantitative estimate of drug-likeness (QED) is 0.676. The zero-order chi connectivity index (χ0) is 12.3. The molecule has 2 rings (SSSR count). The molecule has 1 N–H and O–H groups in total. The molecule has 3 nitrogen and oxygen atoms in total. The van der Waals surface area contributed by atoms with E-state index in [1.807, 2.05) is 24.3 Å². The Balaban J connectivity index is 0.00000162. The molecule has 4 heteroatoms. The van der Waals surface area contributed by atoms with E-state index in [0.717, 1.165) is 24.1 Å². The second-order valence-electron chi connectivity index (χ2n) is 4.21. The Kier molecular flexibility index (Phi) is 5.38. The van der Waals surface area contributed by atoms with Crippen molar-refractivity contribution >= 4 is 23.9 Å². The maximum absolute atomic E-state index is 11.5. The summed E-state index contributed by atoms with van der Waals surface area (Å²) in [6, 6.07) is 8.21. The Hall–Kier alpha value is -1.32. The molecule has 0 amide bonds. The van der Waals surface area contributed by atoms with Crippen LogP contribution < -0.4 is 5.32 Å². The number of nitrogens with one attached hydrogen (secondary N) is 1. The van der Waals surface area contributed by atoms with Gasteiger partial charge in [0.1, 0.15) is 0 Å². The highest BCUT2D eigenvalue weighted by molar-refractivity contribution is 6.16. The summed E-state index contributed by atoms with van der Waals surface area (Å²) in [5.41, 5.74) is 2.45. The van der Waals surface area contributed by atoms with Gasteiger partial charge in [-0.2, -0.15) is 0 Å². The summed E-state index contributed by atoms with van der Waals surface area (Å²) >= 11 is 0. The van der Waals surface area contributed by atoms with Crippen LogP contribution in [0.1, 0.15) is 30.0 Å². The molecule has 98 valence electrons. The Morgan fingerprint density at radius 3 is 2.78 bits per heavy atom. The Morgan fingerprint density at radius 1 is 1.44 bits per heavy atom. The highest BCUT2D eigenvalue weighted by Crippen LogP contribution is 2.29. The predicted molar refractivity (Wildman–Crippen MR) is 74.7 cm³/mol. The number of hydrogen-bond donors (Lipinski definition) is 1. The molecule has 0 spiro atoms. The maximum Gasteiger partial charge on any atom is 0.337 e. The van der Waals surface area contributed by atoms with Crippen molar-refractivity contribution in [2.45, 2.75) is 18.9 Å². The first-order valence-corrected chi connectivity index (χ1v) is 5.84. The van der Waals surface area contributed by atoms with Crippen LogP contribution in [0.25, 0.3) is 5.57 Å². The lowest BCUT2D eigenvalue weighted by molar-refractivity contribution is -0.133. The van der Waals surface area contributed by atoms with Crippen molar-refractivity contribution in [2.75, 3.05) is 13.7 Å². The molecule has 18 heavy (non-hydrogen) atoms. The third-order valence-corrected chi connectivity index (χ3v) is 3.15. The molecule has 1 heterocycles. The number of hydrogen-bond acceptors (Lipinski definition) is 3. The molecular formula is C14H18ClNO2. The van der Waals surface area contributed by atoms with Gasteiger partial charge in [-0.05, 0) is 30.5 Å². The Morgan fingerprint density at radius 2 is 2.17 bits per heavy atom. The van der Waals surface area contributed by atoms with E-state index in [-0.39, 0.29) is 18.4 Å². The summed E-state index contributed by atoms with van der Waals surface area (Å²) in [4.78, 5) is 11.5. The fourth-order valence-electron chi connectivity index (χ4n) is 2.26. The smallest absolute Gasteiger partial charge is 0.337 e. The van der Waals surface area contributed by atoms with E-state index in [1.54, 1.807) is 0 Å². The minimum Gasteiger partial charge on any atom is -0.465 e. The molecule has 0 bridgehead atoms. The van der Waals surface area contributed by atoms with Gasteiger partial charge in [0.05, 0.1) is 12.7 Å². The van der Waals surface area contributed by atoms with Crippen molar-refractivity contribution in [3.05, 3.63) is 42.0 Å². The van der Waals surface area contributed by atoms with Crippen molar-refractivity contribution in [1.29, 1.82) is 0 Å².